The lowest BCUT2D eigenvalue weighted by Gasteiger charge is -2.28. The Kier molecular flexibility index (Phi) is 5.94. The van der Waals surface area contributed by atoms with Crippen molar-refractivity contribution in [3.63, 3.8) is 0 Å². The van der Waals surface area contributed by atoms with E-state index < -0.39 is 10.0 Å². The van der Waals surface area contributed by atoms with Crippen LogP contribution in [0, 0.1) is 0 Å². The quantitative estimate of drug-likeness (QED) is 0.648. The lowest BCUT2D eigenvalue weighted by atomic mass is 10.1. The Balaban J connectivity index is 2.44. The molecule has 1 aliphatic heterocycles. The molecular formula is C13H16Br2ClNO2S. The van der Waals surface area contributed by atoms with E-state index in [1.165, 1.54) is 0 Å². The van der Waals surface area contributed by atoms with Gasteiger partial charge in [0, 0.05) is 27.4 Å². The highest BCUT2D eigenvalue weighted by atomic mass is 79.9. The fraction of sp³-hybridized carbons (Fsp3) is 0.538. The molecule has 0 bridgehead atoms. The standard InChI is InChI=1S/C13H16Br2ClNO2S/c14-10-5-6-12(15)13(8-10)20(18,19)17-7-3-1-2-4-11(17)9-16/h5-6,8,11H,1-4,7,9H2. The first-order valence-corrected chi connectivity index (χ1v) is 10.1. The van der Waals surface area contributed by atoms with Gasteiger partial charge in [0.05, 0.1) is 4.90 Å². The molecule has 3 nitrogen and oxygen atoms in total. The van der Waals surface area contributed by atoms with E-state index in [4.69, 9.17) is 11.6 Å². The minimum atomic E-state index is -3.53. The monoisotopic (exact) mass is 443 g/mol. The molecule has 1 fully saturated rings. The fourth-order valence-electron chi connectivity index (χ4n) is 2.42. The molecule has 1 aromatic carbocycles. The predicted octanol–water partition coefficient (Wildman–Crippen LogP) is 4.38. The summed E-state index contributed by atoms with van der Waals surface area (Å²) >= 11 is 12.7. The van der Waals surface area contributed by atoms with Gasteiger partial charge in [0.2, 0.25) is 10.0 Å². The SMILES string of the molecule is O=S(=O)(c1cc(Br)ccc1Br)N1CCCCCC1CCl. The fourth-order valence-corrected chi connectivity index (χ4v) is 5.98. The summed E-state index contributed by atoms with van der Waals surface area (Å²) in [5.74, 6) is 0.338. The number of hydrogen-bond donors (Lipinski definition) is 0. The van der Waals surface area contributed by atoms with Crippen molar-refractivity contribution in [3.8, 4) is 0 Å². The molecule has 0 amide bonds. The van der Waals surface area contributed by atoms with Gasteiger partial charge in [-0.15, -0.1) is 11.6 Å². The zero-order valence-corrected chi connectivity index (χ0v) is 15.6. The summed E-state index contributed by atoms with van der Waals surface area (Å²) in [5, 5.41) is 0. The number of halogens is 3. The van der Waals surface area contributed by atoms with Gasteiger partial charge >= 0.3 is 0 Å². The highest BCUT2D eigenvalue weighted by molar-refractivity contribution is 9.11. The Morgan fingerprint density at radius 2 is 2.00 bits per heavy atom. The van der Waals surface area contributed by atoms with Crippen molar-refractivity contribution in [1.29, 1.82) is 0 Å². The van der Waals surface area contributed by atoms with Crippen molar-refractivity contribution in [2.45, 2.75) is 36.6 Å². The molecule has 2 rings (SSSR count). The van der Waals surface area contributed by atoms with Crippen molar-refractivity contribution in [3.05, 3.63) is 27.1 Å². The third-order valence-corrected chi connectivity index (χ3v) is 7.28. The summed E-state index contributed by atoms with van der Waals surface area (Å²) in [5.41, 5.74) is 0. The van der Waals surface area contributed by atoms with Crippen LogP contribution >= 0.6 is 43.5 Å². The Labute approximate surface area is 142 Å². The molecule has 20 heavy (non-hydrogen) atoms. The maximum Gasteiger partial charge on any atom is 0.244 e. The number of rotatable bonds is 3. The molecule has 0 aromatic heterocycles. The Bertz CT molecular complexity index is 580. The number of hydrogen-bond acceptors (Lipinski definition) is 2. The molecule has 0 spiro atoms. The third-order valence-electron chi connectivity index (χ3n) is 3.48. The van der Waals surface area contributed by atoms with E-state index in [1.807, 2.05) is 6.07 Å². The summed E-state index contributed by atoms with van der Waals surface area (Å²) in [6, 6.07) is 5.07. The molecular weight excluding hydrogens is 429 g/mol. The average molecular weight is 446 g/mol. The van der Waals surface area contributed by atoms with E-state index in [9.17, 15) is 8.42 Å². The van der Waals surface area contributed by atoms with Crippen LogP contribution in [0.15, 0.2) is 32.0 Å². The van der Waals surface area contributed by atoms with Crippen LogP contribution in [0.2, 0.25) is 0 Å². The van der Waals surface area contributed by atoms with Crippen LogP contribution in [0.25, 0.3) is 0 Å². The van der Waals surface area contributed by atoms with Crippen LogP contribution in [0.5, 0.6) is 0 Å². The molecule has 1 unspecified atom stereocenters. The largest absolute Gasteiger partial charge is 0.244 e. The van der Waals surface area contributed by atoms with Crippen LogP contribution in [0.1, 0.15) is 25.7 Å². The number of benzene rings is 1. The zero-order chi connectivity index (χ0) is 14.8. The van der Waals surface area contributed by atoms with Crippen LogP contribution in [-0.2, 0) is 10.0 Å². The molecule has 1 aromatic rings. The van der Waals surface area contributed by atoms with Gasteiger partial charge in [0.1, 0.15) is 0 Å². The topological polar surface area (TPSA) is 37.4 Å². The zero-order valence-electron chi connectivity index (χ0n) is 10.9. The molecule has 0 radical (unpaired) electrons. The summed E-state index contributed by atoms with van der Waals surface area (Å²) < 4.78 is 28.7. The van der Waals surface area contributed by atoms with E-state index >= 15 is 0 Å². The number of alkyl halides is 1. The molecule has 0 aliphatic carbocycles. The predicted molar refractivity (Wildman–Crippen MR) is 88.7 cm³/mol. The van der Waals surface area contributed by atoms with E-state index in [2.05, 4.69) is 31.9 Å². The van der Waals surface area contributed by atoms with Gasteiger partial charge in [0.15, 0.2) is 0 Å². The summed E-state index contributed by atoms with van der Waals surface area (Å²) in [6.45, 7) is 0.540. The normalized spacial score (nSPS) is 21.6. The first kappa shape index (κ1) is 16.7. The van der Waals surface area contributed by atoms with Crippen LogP contribution in [0.4, 0.5) is 0 Å². The Hall–Kier alpha value is 0.380. The van der Waals surface area contributed by atoms with Crippen molar-refractivity contribution in [2.24, 2.45) is 0 Å². The number of nitrogens with zero attached hydrogens (tertiary/aromatic N) is 1. The second-order valence-electron chi connectivity index (χ2n) is 4.85. The van der Waals surface area contributed by atoms with E-state index in [0.717, 1.165) is 30.2 Å². The highest BCUT2D eigenvalue weighted by Crippen LogP contribution is 2.31. The van der Waals surface area contributed by atoms with Gasteiger partial charge in [-0.05, 0) is 47.0 Å². The van der Waals surface area contributed by atoms with Gasteiger partial charge < -0.3 is 0 Å². The van der Waals surface area contributed by atoms with Crippen molar-refractivity contribution in [1.82, 2.24) is 4.31 Å². The van der Waals surface area contributed by atoms with E-state index in [1.54, 1.807) is 16.4 Å². The van der Waals surface area contributed by atoms with Gasteiger partial charge in [0.25, 0.3) is 0 Å². The van der Waals surface area contributed by atoms with E-state index in [0.29, 0.717) is 21.8 Å². The Morgan fingerprint density at radius 3 is 2.70 bits per heavy atom. The maximum atomic E-state index is 12.9. The molecule has 1 aliphatic rings. The van der Waals surface area contributed by atoms with Crippen molar-refractivity contribution in [2.75, 3.05) is 12.4 Å². The molecule has 1 atom stereocenters. The highest BCUT2D eigenvalue weighted by Gasteiger charge is 2.33. The number of sulfonamides is 1. The van der Waals surface area contributed by atoms with Crippen molar-refractivity contribution < 1.29 is 8.42 Å². The Morgan fingerprint density at radius 1 is 1.25 bits per heavy atom. The van der Waals surface area contributed by atoms with Gasteiger partial charge in [-0.25, -0.2) is 8.42 Å². The summed E-state index contributed by atoms with van der Waals surface area (Å²) in [4.78, 5) is 0.295. The minimum Gasteiger partial charge on any atom is -0.207 e. The molecule has 1 saturated heterocycles. The molecule has 0 saturated carbocycles. The van der Waals surface area contributed by atoms with Crippen LogP contribution in [-0.4, -0.2) is 31.2 Å². The second-order valence-corrected chi connectivity index (χ2v) is 8.79. The first-order chi connectivity index (χ1) is 9.46. The summed E-state index contributed by atoms with van der Waals surface area (Å²) in [7, 11) is -3.53. The van der Waals surface area contributed by atoms with Gasteiger partial charge in [-0.2, -0.15) is 4.31 Å². The molecule has 0 N–H and O–H groups in total. The maximum absolute atomic E-state index is 12.9. The van der Waals surface area contributed by atoms with Gasteiger partial charge in [-0.1, -0.05) is 28.8 Å². The summed E-state index contributed by atoms with van der Waals surface area (Å²) in [6.07, 6.45) is 3.80. The molecule has 112 valence electrons. The molecule has 7 heteroatoms. The smallest absolute Gasteiger partial charge is 0.207 e. The first-order valence-electron chi connectivity index (χ1n) is 6.49. The van der Waals surface area contributed by atoms with Crippen LogP contribution in [0.3, 0.4) is 0 Å². The van der Waals surface area contributed by atoms with Crippen LogP contribution < -0.4 is 0 Å². The van der Waals surface area contributed by atoms with Crippen molar-refractivity contribution >= 4 is 53.5 Å². The second kappa shape index (κ2) is 7.09. The lowest BCUT2D eigenvalue weighted by molar-refractivity contribution is 0.345. The minimum absolute atomic E-state index is 0.116. The molecule has 1 heterocycles. The average Bonchev–Trinajstić information content (AvgIpc) is 2.66. The lowest BCUT2D eigenvalue weighted by Crippen LogP contribution is -2.41. The van der Waals surface area contributed by atoms with E-state index in [-0.39, 0.29) is 6.04 Å². The third kappa shape index (κ3) is 3.58. The van der Waals surface area contributed by atoms with Gasteiger partial charge in [-0.3, -0.25) is 0 Å².